The van der Waals surface area contributed by atoms with Crippen LogP contribution in [-0.2, 0) is 12.7 Å². The molecule has 1 aromatic carbocycles. The van der Waals surface area contributed by atoms with Crippen LogP contribution in [0, 0.1) is 5.82 Å². The molecule has 21 heavy (non-hydrogen) atoms. The molecule has 2 rings (SSSR count). The van der Waals surface area contributed by atoms with Gasteiger partial charge in [0.25, 0.3) is 5.56 Å². The standard InChI is InChI=1S/C13H10F4N2O2/c1-21-9-4-2-8(3-5-9)6-19-7-18-11(13(15,16)17)10(14)12(19)20/h2-5,7H,6H2,1H3. The Bertz CT molecular complexity index is 693. The number of alkyl halides is 3. The number of ether oxygens (including phenoxy) is 1. The zero-order valence-electron chi connectivity index (χ0n) is 10.8. The summed E-state index contributed by atoms with van der Waals surface area (Å²) in [6.07, 6.45) is -4.32. The van der Waals surface area contributed by atoms with Crippen LogP contribution in [0.15, 0.2) is 35.4 Å². The SMILES string of the molecule is COc1ccc(Cn2cnc(C(F)(F)F)c(F)c2=O)cc1. The van der Waals surface area contributed by atoms with Gasteiger partial charge >= 0.3 is 6.18 Å². The maximum absolute atomic E-state index is 13.4. The van der Waals surface area contributed by atoms with Gasteiger partial charge in [-0.3, -0.25) is 9.36 Å². The molecule has 0 unspecified atom stereocenters. The van der Waals surface area contributed by atoms with Crippen LogP contribution in [-0.4, -0.2) is 16.7 Å². The molecule has 0 bridgehead atoms. The van der Waals surface area contributed by atoms with Crippen LogP contribution < -0.4 is 10.3 Å². The Hall–Kier alpha value is -2.38. The van der Waals surface area contributed by atoms with E-state index in [1.54, 1.807) is 24.3 Å². The van der Waals surface area contributed by atoms with E-state index in [2.05, 4.69) is 4.98 Å². The fraction of sp³-hybridized carbons (Fsp3) is 0.231. The Kier molecular flexibility index (Phi) is 3.97. The van der Waals surface area contributed by atoms with E-state index in [4.69, 9.17) is 4.74 Å². The van der Waals surface area contributed by atoms with E-state index in [0.29, 0.717) is 17.6 Å². The van der Waals surface area contributed by atoms with Gasteiger partial charge in [-0.2, -0.15) is 17.6 Å². The molecule has 1 aromatic heterocycles. The molecule has 8 heteroatoms. The molecule has 0 aliphatic carbocycles. The summed E-state index contributed by atoms with van der Waals surface area (Å²) in [5, 5.41) is 0. The van der Waals surface area contributed by atoms with Gasteiger partial charge in [0.15, 0.2) is 5.69 Å². The minimum atomic E-state index is -5.00. The number of hydrogen-bond acceptors (Lipinski definition) is 3. The highest BCUT2D eigenvalue weighted by Gasteiger charge is 2.37. The zero-order chi connectivity index (χ0) is 15.6. The van der Waals surface area contributed by atoms with Crippen molar-refractivity contribution in [2.75, 3.05) is 7.11 Å². The zero-order valence-corrected chi connectivity index (χ0v) is 10.8. The monoisotopic (exact) mass is 302 g/mol. The minimum absolute atomic E-state index is 0.0924. The largest absolute Gasteiger partial charge is 0.497 e. The van der Waals surface area contributed by atoms with Gasteiger partial charge in [0.1, 0.15) is 5.75 Å². The van der Waals surface area contributed by atoms with E-state index < -0.39 is 23.2 Å². The number of hydrogen-bond donors (Lipinski definition) is 0. The van der Waals surface area contributed by atoms with Gasteiger partial charge in [-0.25, -0.2) is 4.98 Å². The normalized spacial score (nSPS) is 11.5. The lowest BCUT2D eigenvalue weighted by atomic mass is 10.2. The van der Waals surface area contributed by atoms with Crippen molar-refractivity contribution >= 4 is 0 Å². The van der Waals surface area contributed by atoms with Crippen molar-refractivity contribution in [3.8, 4) is 5.75 Å². The van der Waals surface area contributed by atoms with E-state index in [1.165, 1.54) is 7.11 Å². The van der Waals surface area contributed by atoms with Crippen molar-refractivity contribution in [2.24, 2.45) is 0 Å². The first-order chi connectivity index (χ1) is 9.82. The second-order valence-corrected chi connectivity index (χ2v) is 4.19. The van der Waals surface area contributed by atoms with Crippen molar-refractivity contribution in [3.05, 3.63) is 58.0 Å². The molecule has 2 aromatic rings. The molecule has 1 heterocycles. The Morgan fingerprint density at radius 1 is 1.24 bits per heavy atom. The number of benzene rings is 1. The minimum Gasteiger partial charge on any atom is -0.497 e. The van der Waals surface area contributed by atoms with Gasteiger partial charge < -0.3 is 4.74 Å². The highest BCUT2D eigenvalue weighted by atomic mass is 19.4. The van der Waals surface area contributed by atoms with Gasteiger partial charge in [-0.05, 0) is 17.7 Å². The molecule has 0 spiro atoms. The highest BCUT2D eigenvalue weighted by molar-refractivity contribution is 5.27. The van der Waals surface area contributed by atoms with E-state index in [0.717, 1.165) is 4.57 Å². The highest BCUT2D eigenvalue weighted by Crippen LogP contribution is 2.28. The Morgan fingerprint density at radius 2 is 1.86 bits per heavy atom. The summed E-state index contributed by atoms with van der Waals surface area (Å²) in [6, 6.07) is 6.46. The van der Waals surface area contributed by atoms with Gasteiger partial charge in [0.2, 0.25) is 5.82 Å². The first-order valence-corrected chi connectivity index (χ1v) is 5.78. The third-order valence-electron chi connectivity index (χ3n) is 2.76. The molecule has 0 atom stereocenters. The van der Waals surface area contributed by atoms with Crippen LogP contribution in [0.4, 0.5) is 17.6 Å². The maximum atomic E-state index is 13.4. The average Bonchev–Trinajstić information content (AvgIpc) is 2.43. The van der Waals surface area contributed by atoms with Crippen molar-refractivity contribution < 1.29 is 22.3 Å². The lowest BCUT2D eigenvalue weighted by molar-refractivity contribution is -0.144. The number of aromatic nitrogens is 2. The van der Waals surface area contributed by atoms with Crippen LogP contribution in [0.25, 0.3) is 0 Å². The second-order valence-electron chi connectivity index (χ2n) is 4.19. The summed E-state index contributed by atoms with van der Waals surface area (Å²) in [6.45, 7) is -0.0924. The third kappa shape index (κ3) is 3.21. The summed E-state index contributed by atoms with van der Waals surface area (Å²) in [7, 11) is 1.48. The second kappa shape index (κ2) is 5.55. The number of methoxy groups -OCH3 is 1. The average molecular weight is 302 g/mol. The molecule has 112 valence electrons. The lowest BCUT2D eigenvalue weighted by Gasteiger charge is -2.10. The van der Waals surface area contributed by atoms with Crippen molar-refractivity contribution in [2.45, 2.75) is 12.7 Å². The number of rotatable bonds is 3. The van der Waals surface area contributed by atoms with Gasteiger partial charge in [0.05, 0.1) is 20.0 Å². The quantitative estimate of drug-likeness (QED) is 0.818. The summed E-state index contributed by atoms with van der Waals surface area (Å²) < 4.78 is 56.4. The Balaban J connectivity index is 2.33. The molecule has 4 nitrogen and oxygen atoms in total. The number of nitrogens with zero attached hydrogens (tertiary/aromatic N) is 2. The molecule has 0 saturated heterocycles. The summed E-state index contributed by atoms with van der Waals surface area (Å²) >= 11 is 0. The van der Waals surface area contributed by atoms with Crippen molar-refractivity contribution in [3.63, 3.8) is 0 Å². The topological polar surface area (TPSA) is 44.1 Å². The van der Waals surface area contributed by atoms with E-state index >= 15 is 0 Å². The van der Waals surface area contributed by atoms with Gasteiger partial charge in [-0.1, -0.05) is 12.1 Å². The predicted molar refractivity (Wildman–Crippen MR) is 65.6 cm³/mol. The summed E-state index contributed by atoms with van der Waals surface area (Å²) in [5.74, 6) is -1.32. The summed E-state index contributed by atoms with van der Waals surface area (Å²) in [4.78, 5) is 14.6. The van der Waals surface area contributed by atoms with Crippen LogP contribution >= 0.6 is 0 Å². The summed E-state index contributed by atoms with van der Waals surface area (Å²) in [5.41, 5.74) is -2.58. The first-order valence-electron chi connectivity index (χ1n) is 5.78. The maximum Gasteiger partial charge on any atom is 0.436 e. The Morgan fingerprint density at radius 3 is 2.38 bits per heavy atom. The van der Waals surface area contributed by atoms with E-state index in [-0.39, 0.29) is 6.54 Å². The number of halogens is 4. The molecule has 0 radical (unpaired) electrons. The van der Waals surface area contributed by atoms with Gasteiger partial charge in [0, 0.05) is 0 Å². The molecule has 0 N–H and O–H groups in total. The Labute approximate surface area is 116 Å². The molecule has 0 aliphatic rings. The van der Waals surface area contributed by atoms with Crippen LogP contribution in [0.5, 0.6) is 5.75 Å². The van der Waals surface area contributed by atoms with E-state index in [1.807, 2.05) is 0 Å². The van der Waals surface area contributed by atoms with Crippen LogP contribution in [0.1, 0.15) is 11.3 Å². The molecule has 0 amide bonds. The first kappa shape index (κ1) is 15.0. The molecule has 0 saturated carbocycles. The molecule has 0 aliphatic heterocycles. The van der Waals surface area contributed by atoms with Crippen molar-refractivity contribution in [1.82, 2.24) is 9.55 Å². The smallest absolute Gasteiger partial charge is 0.436 e. The van der Waals surface area contributed by atoms with Crippen LogP contribution in [0.2, 0.25) is 0 Å². The molecular formula is C13H10F4N2O2. The lowest BCUT2D eigenvalue weighted by Crippen LogP contribution is -2.28. The van der Waals surface area contributed by atoms with Crippen molar-refractivity contribution in [1.29, 1.82) is 0 Å². The van der Waals surface area contributed by atoms with Gasteiger partial charge in [-0.15, -0.1) is 0 Å². The molecule has 0 fully saturated rings. The fourth-order valence-electron chi connectivity index (χ4n) is 1.70. The predicted octanol–water partition coefficient (Wildman–Crippen LogP) is 2.46. The fourth-order valence-corrected chi connectivity index (χ4v) is 1.70. The van der Waals surface area contributed by atoms with E-state index in [9.17, 15) is 22.4 Å². The van der Waals surface area contributed by atoms with Crippen LogP contribution in [0.3, 0.4) is 0 Å². The molecular weight excluding hydrogens is 292 g/mol. The third-order valence-corrected chi connectivity index (χ3v) is 2.76.